The molecule has 1 rings (SSSR count). The van der Waals surface area contributed by atoms with Crippen LogP contribution in [-0.2, 0) is 0 Å². The highest BCUT2D eigenvalue weighted by Gasteiger charge is 2.27. The third kappa shape index (κ3) is 3.44. The number of benzene rings is 1. The van der Waals surface area contributed by atoms with Gasteiger partial charge in [-0.25, -0.2) is 0 Å². The first kappa shape index (κ1) is 10.5. The Morgan fingerprint density at radius 1 is 1.14 bits per heavy atom. The average molecular weight is 204 g/mol. The molecular formula is C8H7F3N2O. The van der Waals surface area contributed by atoms with Gasteiger partial charge in [0, 0.05) is 5.56 Å². The maximum absolute atomic E-state index is 11.6. The van der Waals surface area contributed by atoms with Gasteiger partial charge in [-0.05, 0) is 12.1 Å². The number of rotatable bonds is 2. The molecule has 0 spiro atoms. The van der Waals surface area contributed by atoms with E-state index in [1.807, 2.05) is 0 Å². The number of nitrogens with one attached hydrogen (secondary N) is 2. The zero-order valence-corrected chi connectivity index (χ0v) is 6.93. The van der Waals surface area contributed by atoms with E-state index >= 15 is 0 Å². The van der Waals surface area contributed by atoms with Gasteiger partial charge in [0.25, 0.3) is 5.91 Å². The molecule has 0 saturated carbocycles. The zero-order chi connectivity index (χ0) is 10.6. The summed E-state index contributed by atoms with van der Waals surface area (Å²) in [6.07, 6.45) is -4.62. The third-order valence-corrected chi connectivity index (χ3v) is 1.35. The number of alkyl halides is 3. The van der Waals surface area contributed by atoms with Crippen molar-refractivity contribution in [2.45, 2.75) is 6.30 Å². The Labute approximate surface area is 77.9 Å². The highest BCUT2D eigenvalue weighted by Crippen LogP contribution is 2.07. The molecule has 0 heterocycles. The Balaban J connectivity index is 2.52. The Kier molecular flexibility index (Phi) is 3.08. The average Bonchev–Trinajstić information content (AvgIpc) is 2.14. The number of carbonyl (C=O) groups excluding carboxylic acids is 1. The largest absolute Gasteiger partial charge is 0.474 e. The maximum atomic E-state index is 11.6. The lowest BCUT2D eigenvalue weighted by molar-refractivity contribution is -0.164. The number of halogens is 3. The van der Waals surface area contributed by atoms with Crippen LogP contribution in [0.4, 0.5) is 13.2 Å². The monoisotopic (exact) mass is 204 g/mol. The SMILES string of the molecule is O=C(NNC(F)(F)F)c1ccccc1. The van der Waals surface area contributed by atoms with Crippen LogP contribution in [0.1, 0.15) is 10.4 Å². The molecule has 0 saturated heterocycles. The van der Waals surface area contributed by atoms with Crippen LogP contribution in [-0.4, -0.2) is 12.2 Å². The van der Waals surface area contributed by atoms with Crippen LogP contribution < -0.4 is 10.9 Å². The van der Waals surface area contributed by atoms with Crippen molar-refractivity contribution >= 4 is 5.91 Å². The molecule has 0 aromatic heterocycles. The predicted molar refractivity (Wildman–Crippen MR) is 43.1 cm³/mol. The molecule has 6 heteroatoms. The summed E-state index contributed by atoms with van der Waals surface area (Å²) in [5, 5.41) is 0. The van der Waals surface area contributed by atoms with E-state index in [4.69, 9.17) is 0 Å². The zero-order valence-electron chi connectivity index (χ0n) is 6.93. The highest BCUT2D eigenvalue weighted by molar-refractivity contribution is 5.93. The highest BCUT2D eigenvalue weighted by atomic mass is 19.4. The normalized spacial score (nSPS) is 11.1. The predicted octanol–water partition coefficient (Wildman–Crippen LogP) is 1.44. The van der Waals surface area contributed by atoms with Gasteiger partial charge in [-0.3, -0.25) is 10.2 Å². The fourth-order valence-electron chi connectivity index (χ4n) is 0.789. The van der Waals surface area contributed by atoms with Gasteiger partial charge in [0.1, 0.15) is 0 Å². The van der Waals surface area contributed by atoms with Gasteiger partial charge >= 0.3 is 6.30 Å². The molecule has 0 aliphatic heterocycles. The fraction of sp³-hybridized carbons (Fsp3) is 0.125. The van der Waals surface area contributed by atoms with Crippen LogP contribution in [0, 0.1) is 0 Å². The van der Waals surface area contributed by atoms with Crippen LogP contribution in [0.15, 0.2) is 30.3 Å². The molecule has 0 fully saturated rings. The molecule has 0 aliphatic carbocycles. The second-order valence-electron chi connectivity index (χ2n) is 2.44. The molecule has 1 aromatic rings. The van der Waals surface area contributed by atoms with Gasteiger partial charge in [0.15, 0.2) is 0 Å². The van der Waals surface area contributed by atoms with Gasteiger partial charge < -0.3 is 0 Å². The van der Waals surface area contributed by atoms with Gasteiger partial charge in [0.05, 0.1) is 0 Å². The minimum atomic E-state index is -4.62. The van der Waals surface area contributed by atoms with E-state index in [1.165, 1.54) is 17.6 Å². The molecule has 0 unspecified atom stereocenters. The summed E-state index contributed by atoms with van der Waals surface area (Å²) in [5.74, 6) is -0.831. The number of amides is 1. The lowest BCUT2D eigenvalue weighted by Gasteiger charge is -2.09. The van der Waals surface area contributed by atoms with E-state index < -0.39 is 12.2 Å². The first-order chi connectivity index (χ1) is 6.49. The molecule has 2 N–H and O–H groups in total. The number of hydrogen-bond acceptors (Lipinski definition) is 2. The molecule has 3 nitrogen and oxygen atoms in total. The first-order valence-corrected chi connectivity index (χ1v) is 3.68. The third-order valence-electron chi connectivity index (χ3n) is 1.35. The van der Waals surface area contributed by atoms with Crippen molar-refractivity contribution in [1.29, 1.82) is 0 Å². The van der Waals surface area contributed by atoms with Crippen molar-refractivity contribution < 1.29 is 18.0 Å². The second-order valence-corrected chi connectivity index (χ2v) is 2.44. The van der Waals surface area contributed by atoms with Crippen molar-refractivity contribution in [3.63, 3.8) is 0 Å². The smallest absolute Gasteiger partial charge is 0.280 e. The molecule has 0 bridgehead atoms. The minimum absolute atomic E-state index is 0.157. The quantitative estimate of drug-likeness (QED) is 0.565. The minimum Gasteiger partial charge on any atom is -0.280 e. The van der Waals surface area contributed by atoms with Crippen LogP contribution >= 0.6 is 0 Å². The lowest BCUT2D eigenvalue weighted by atomic mass is 10.2. The van der Waals surface area contributed by atoms with Gasteiger partial charge in [-0.1, -0.05) is 18.2 Å². The maximum Gasteiger partial charge on any atom is 0.474 e. The molecule has 0 radical (unpaired) electrons. The van der Waals surface area contributed by atoms with E-state index in [0.29, 0.717) is 0 Å². The van der Waals surface area contributed by atoms with E-state index in [9.17, 15) is 18.0 Å². The molecule has 76 valence electrons. The summed E-state index contributed by atoms with van der Waals surface area (Å²) in [6, 6.07) is 7.60. The number of hydrogen-bond donors (Lipinski definition) is 2. The first-order valence-electron chi connectivity index (χ1n) is 3.68. The van der Waals surface area contributed by atoms with Gasteiger partial charge in [-0.2, -0.15) is 13.2 Å². The van der Waals surface area contributed by atoms with Gasteiger partial charge in [0.2, 0.25) is 0 Å². The Morgan fingerprint density at radius 3 is 2.21 bits per heavy atom. The molecule has 0 aliphatic rings. The summed E-state index contributed by atoms with van der Waals surface area (Å²) in [7, 11) is 0. The van der Waals surface area contributed by atoms with Crippen LogP contribution in [0.2, 0.25) is 0 Å². The van der Waals surface area contributed by atoms with Crippen molar-refractivity contribution in [1.82, 2.24) is 10.9 Å². The van der Waals surface area contributed by atoms with E-state index in [0.717, 1.165) is 5.43 Å². The van der Waals surface area contributed by atoms with Crippen LogP contribution in [0.3, 0.4) is 0 Å². The summed E-state index contributed by atoms with van der Waals surface area (Å²) >= 11 is 0. The van der Waals surface area contributed by atoms with E-state index in [-0.39, 0.29) is 5.56 Å². The molecule has 1 amide bonds. The van der Waals surface area contributed by atoms with Crippen molar-refractivity contribution in [3.8, 4) is 0 Å². The fourth-order valence-corrected chi connectivity index (χ4v) is 0.789. The van der Waals surface area contributed by atoms with Gasteiger partial charge in [-0.15, -0.1) is 5.43 Å². The number of carbonyl (C=O) groups is 1. The van der Waals surface area contributed by atoms with Crippen molar-refractivity contribution in [3.05, 3.63) is 35.9 Å². The summed E-state index contributed by atoms with van der Waals surface area (Å²) in [4.78, 5) is 11.0. The summed E-state index contributed by atoms with van der Waals surface area (Å²) in [6.45, 7) is 0. The topological polar surface area (TPSA) is 41.1 Å². The Bertz CT molecular complexity index is 310. The van der Waals surface area contributed by atoms with Crippen LogP contribution in [0.25, 0.3) is 0 Å². The van der Waals surface area contributed by atoms with Crippen molar-refractivity contribution in [2.24, 2.45) is 0 Å². The number of hydrazine groups is 1. The van der Waals surface area contributed by atoms with Crippen LogP contribution in [0.5, 0.6) is 0 Å². The molecule has 0 atom stereocenters. The van der Waals surface area contributed by atoms with E-state index in [1.54, 1.807) is 18.2 Å². The van der Waals surface area contributed by atoms with E-state index in [2.05, 4.69) is 0 Å². The molecule has 14 heavy (non-hydrogen) atoms. The lowest BCUT2D eigenvalue weighted by Crippen LogP contribution is -2.46. The molecular weight excluding hydrogens is 197 g/mol. The summed E-state index contributed by atoms with van der Waals surface area (Å²) < 4.78 is 34.8. The van der Waals surface area contributed by atoms with Crippen molar-refractivity contribution in [2.75, 3.05) is 0 Å². The molecule has 1 aromatic carbocycles. The summed E-state index contributed by atoms with van der Waals surface area (Å²) in [5.41, 5.74) is 2.60. The Morgan fingerprint density at radius 2 is 1.71 bits per heavy atom. The standard InChI is InChI=1S/C8H7F3N2O/c9-8(10,11)13-12-7(14)6-4-2-1-3-5-6/h1-5,13H,(H,12,14). The second kappa shape index (κ2) is 4.10. The Hall–Kier alpha value is -1.56.